The van der Waals surface area contributed by atoms with Crippen molar-refractivity contribution in [2.24, 2.45) is 5.92 Å². The van der Waals surface area contributed by atoms with E-state index in [9.17, 15) is 4.79 Å². The minimum atomic E-state index is -0.817. The molecule has 64 valence electrons. The maximum Gasteiger partial charge on any atom is 0.306 e. The molecule has 0 aliphatic rings. The first-order valence-electron chi connectivity index (χ1n) is 3.69. The summed E-state index contributed by atoms with van der Waals surface area (Å²) in [5.74, 6) is -0.665. The molecule has 0 amide bonds. The first-order chi connectivity index (χ1) is 5.70. The van der Waals surface area contributed by atoms with Crippen LogP contribution in [0, 0.1) is 5.92 Å². The van der Waals surface area contributed by atoms with Crippen LogP contribution in [-0.2, 0) is 11.2 Å². The van der Waals surface area contributed by atoms with E-state index in [1.165, 1.54) is 0 Å². The number of aliphatic carboxylic acids is 1. The Morgan fingerprint density at radius 1 is 1.58 bits per heavy atom. The van der Waals surface area contributed by atoms with E-state index in [1.807, 2.05) is 0 Å². The Morgan fingerprint density at radius 2 is 2.17 bits per heavy atom. The van der Waals surface area contributed by atoms with E-state index in [0.717, 1.165) is 0 Å². The van der Waals surface area contributed by atoms with E-state index in [0.29, 0.717) is 12.2 Å². The Balaban J connectivity index is 2.58. The molecule has 0 fully saturated rings. The molecule has 1 atom stereocenters. The van der Waals surface area contributed by atoms with Crippen molar-refractivity contribution in [3.05, 3.63) is 24.3 Å². The van der Waals surface area contributed by atoms with E-state index >= 15 is 0 Å². The second-order valence-electron chi connectivity index (χ2n) is 2.61. The van der Waals surface area contributed by atoms with Gasteiger partial charge in [0.1, 0.15) is 5.82 Å². The molecule has 4 heteroatoms. The monoisotopic (exact) mass is 166 g/mol. The highest BCUT2D eigenvalue weighted by molar-refractivity contribution is 5.69. The predicted molar refractivity (Wildman–Crippen MR) is 42.5 cm³/mol. The Morgan fingerprint density at radius 3 is 2.67 bits per heavy atom. The van der Waals surface area contributed by atoms with Gasteiger partial charge in [-0.1, -0.05) is 6.92 Å². The van der Waals surface area contributed by atoms with Crippen molar-refractivity contribution in [3.63, 3.8) is 0 Å². The topological polar surface area (TPSA) is 63.1 Å². The van der Waals surface area contributed by atoms with Gasteiger partial charge in [-0.15, -0.1) is 0 Å². The number of nitrogens with zero attached hydrogens (tertiary/aromatic N) is 2. The average Bonchev–Trinajstić information content (AvgIpc) is 2.06. The lowest BCUT2D eigenvalue weighted by Gasteiger charge is -2.02. The number of hydrogen-bond donors (Lipinski definition) is 1. The minimum absolute atomic E-state index is 0.385. The van der Waals surface area contributed by atoms with Gasteiger partial charge in [-0.25, -0.2) is 9.97 Å². The fourth-order valence-electron chi connectivity index (χ4n) is 0.797. The number of carboxylic acids is 1. The Labute approximate surface area is 70.3 Å². The second kappa shape index (κ2) is 3.80. The SMILES string of the molecule is C[C@H](Cc1ncccn1)C(=O)O. The van der Waals surface area contributed by atoms with Crippen molar-refractivity contribution in [3.8, 4) is 0 Å². The molecule has 0 aliphatic carbocycles. The standard InChI is InChI=1S/C8H10N2O2/c1-6(8(11)12)5-7-9-3-2-4-10-7/h2-4,6H,5H2,1H3,(H,11,12)/t6-/m1/s1. The molecule has 1 aromatic heterocycles. The third kappa shape index (κ3) is 2.30. The molecule has 1 aromatic rings. The van der Waals surface area contributed by atoms with Gasteiger partial charge in [0.2, 0.25) is 0 Å². The molecule has 0 saturated carbocycles. The van der Waals surface area contributed by atoms with Crippen LogP contribution < -0.4 is 0 Å². The van der Waals surface area contributed by atoms with Gasteiger partial charge in [-0.2, -0.15) is 0 Å². The molecule has 0 aliphatic heterocycles. The lowest BCUT2D eigenvalue weighted by molar-refractivity contribution is -0.141. The zero-order valence-corrected chi connectivity index (χ0v) is 6.77. The number of rotatable bonds is 3. The van der Waals surface area contributed by atoms with Crippen LogP contribution in [-0.4, -0.2) is 21.0 Å². The smallest absolute Gasteiger partial charge is 0.306 e. The summed E-state index contributed by atoms with van der Waals surface area (Å²) in [4.78, 5) is 18.3. The molecular formula is C8H10N2O2. The van der Waals surface area contributed by atoms with Crippen molar-refractivity contribution in [2.75, 3.05) is 0 Å². The van der Waals surface area contributed by atoms with Crippen molar-refractivity contribution in [1.29, 1.82) is 0 Å². The van der Waals surface area contributed by atoms with E-state index in [-0.39, 0.29) is 0 Å². The molecule has 12 heavy (non-hydrogen) atoms. The molecule has 1 heterocycles. The highest BCUT2D eigenvalue weighted by Crippen LogP contribution is 2.02. The Bertz CT molecular complexity index is 261. The van der Waals surface area contributed by atoms with Crippen LogP contribution in [0.2, 0.25) is 0 Å². The highest BCUT2D eigenvalue weighted by Gasteiger charge is 2.12. The summed E-state index contributed by atoms with van der Waals surface area (Å²) < 4.78 is 0. The Hall–Kier alpha value is -1.45. The zero-order chi connectivity index (χ0) is 8.97. The number of hydrogen-bond acceptors (Lipinski definition) is 3. The third-order valence-electron chi connectivity index (χ3n) is 1.53. The molecule has 1 rings (SSSR count). The molecule has 0 unspecified atom stereocenters. The van der Waals surface area contributed by atoms with Crippen LogP contribution in [0.15, 0.2) is 18.5 Å². The van der Waals surface area contributed by atoms with Gasteiger partial charge in [-0.3, -0.25) is 4.79 Å². The van der Waals surface area contributed by atoms with Crippen LogP contribution in [0.5, 0.6) is 0 Å². The van der Waals surface area contributed by atoms with E-state index in [2.05, 4.69) is 9.97 Å². The number of aromatic nitrogens is 2. The molecule has 0 bridgehead atoms. The van der Waals surface area contributed by atoms with Gasteiger partial charge in [0.15, 0.2) is 0 Å². The summed E-state index contributed by atoms with van der Waals surface area (Å²) in [5, 5.41) is 8.59. The highest BCUT2D eigenvalue weighted by atomic mass is 16.4. The van der Waals surface area contributed by atoms with Gasteiger partial charge in [0.25, 0.3) is 0 Å². The lowest BCUT2D eigenvalue weighted by Crippen LogP contribution is -2.13. The lowest BCUT2D eigenvalue weighted by atomic mass is 10.1. The maximum atomic E-state index is 10.4. The average molecular weight is 166 g/mol. The molecule has 0 aromatic carbocycles. The van der Waals surface area contributed by atoms with Gasteiger partial charge >= 0.3 is 5.97 Å². The molecule has 0 saturated heterocycles. The first kappa shape index (κ1) is 8.64. The van der Waals surface area contributed by atoms with Crippen LogP contribution in [0.25, 0.3) is 0 Å². The largest absolute Gasteiger partial charge is 0.481 e. The van der Waals surface area contributed by atoms with E-state index in [1.54, 1.807) is 25.4 Å². The number of carboxylic acid groups (broad SMARTS) is 1. The third-order valence-corrected chi connectivity index (χ3v) is 1.53. The Kier molecular flexibility index (Phi) is 2.74. The molecular weight excluding hydrogens is 156 g/mol. The van der Waals surface area contributed by atoms with Crippen molar-refractivity contribution in [2.45, 2.75) is 13.3 Å². The van der Waals surface area contributed by atoms with Gasteiger partial charge < -0.3 is 5.11 Å². The number of carbonyl (C=O) groups is 1. The van der Waals surface area contributed by atoms with Crippen LogP contribution in [0.1, 0.15) is 12.7 Å². The molecule has 4 nitrogen and oxygen atoms in total. The summed E-state index contributed by atoms with van der Waals surface area (Å²) in [5.41, 5.74) is 0. The first-order valence-corrected chi connectivity index (χ1v) is 3.69. The summed E-state index contributed by atoms with van der Waals surface area (Å²) in [7, 11) is 0. The second-order valence-corrected chi connectivity index (χ2v) is 2.61. The van der Waals surface area contributed by atoms with Crippen molar-refractivity contribution < 1.29 is 9.90 Å². The fraction of sp³-hybridized carbons (Fsp3) is 0.375. The van der Waals surface area contributed by atoms with Gasteiger partial charge in [0, 0.05) is 18.8 Å². The van der Waals surface area contributed by atoms with Crippen molar-refractivity contribution >= 4 is 5.97 Å². The molecule has 0 radical (unpaired) electrons. The minimum Gasteiger partial charge on any atom is -0.481 e. The van der Waals surface area contributed by atoms with Crippen LogP contribution in [0.4, 0.5) is 0 Å². The van der Waals surface area contributed by atoms with Crippen LogP contribution >= 0.6 is 0 Å². The van der Waals surface area contributed by atoms with Crippen molar-refractivity contribution in [1.82, 2.24) is 9.97 Å². The molecule has 1 N–H and O–H groups in total. The predicted octanol–water partition coefficient (Wildman–Crippen LogP) is 0.740. The summed E-state index contributed by atoms with van der Waals surface area (Å²) in [6.07, 6.45) is 3.60. The quantitative estimate of drug-likeness (QED) is 0.719. The van der Waals surface area contributed by atoms with Gasteiger partial charge in [0.05, 0.1) is 5.92 Å². The van der Waals surface area contributed by atoms with E-state index in [4.69, 9.17) is 5.11 Å². The summed E-state index contributed by atoms with van der Waals surface area (Å²) in [6, 6.07) is 1.70. The van der Waals surface area contributed by atoms with Gasteiger partial charge in [-0.05, 0) is 6.07 Å². The van der Waals surface area contributed by atoms with E-state index < -0.39 is 11.9 Å². The summed E-state index contributed by atoms with van der Waals surface area (Å²) >= 11 is 0. The fourth-order valence-corrected chi connectivity index (χ4v) is 0.797. The zero-order valence-electron chi connectivity index (χ0n) is 6.77. The molecule has 0 spiro atoms. The normalized spacial score (nSPS) is 12.4. The van der Waals surface area contributed by atoms with Crippen LogP contribution in [0.3, 0.4) is 0 Å². The maximum absolute atomic E-state index is 10.4. The summed E-state index contributed by atoms with van der Waals surface area (Å²) in [6.45, 7) is 1.64.